The molecule has 21 heavy (non-hydrogen) atoms. The Bertz CT molecular complexity index is 767. The first-order valence-electron chi connectivity index (χ1n) is 6.98. The van der Waals surface area contributed by atoms with Gasteiger partial charge in [0, 0.05) is 18.3 Å². The van der Waals surface area contributed by atoms with E-state index in [1.807, 2.05) is 24.3 Å². The molecule has 0 spiro atoms. The molecule has 0 radical (unpaired) electrons. The maximum absolute atomic E-state index is 5.37. The zero-order chi connectivity index (χ0) is 14.1. The fourth-order valence-electron chi connectivity index (χ4n) is 2.55. The average molecular weight is 278 g/mol. The summed E-state index contributed by atoms with van der Waals surface area (Å²) >= 11 is 0. The number of benzene rings is 1. The van der Waals surface area contributed by atoms with Crippen molar-refractivity contribution in [3.8, 4) is 23.0 Å². The lowest BCUT2D eigenvalue weighted by Crippen LogP contribution is -2.23. The van der Waals surface area contributed by atoms with Gasteiger partial charge in [-0.2, -0.15) is 4.98 Å². The van der Waals surface area contributed by atoms with Gasteiger partial charge in [0.15, 0.2) is 0 Å². The molecule has 5 heteroatoms. The molecule has 4 rings (SSSR count). The summed E-state index contributed by atoms with van der Waals surface area (Å²) in [5.74, 6) is 1.05. The molecule has 0 bridgehead atoms. The minimum absolute atomic E-state index is 0.515. The number of rotatable bonds is 2. The second-order valence-electron chi connectivity index (χ2n) is 5.05. The molecule has 1 aliphatic heterocycles. The fourth-order valence-corrected chi connectivity index (χ4v) is 2.55. The molecule has 0 atom stereocenters. The highest BCUT2D eigenvalue weighted by Crippen LogP contribution is 2.24. The van der Waals surface area contributed by atoms with Gasteiger partial charge in [-0.05, 0) is 48.4 Å². The van der Waals surface area contributed by atoms with Crippen molar-refractivity contribution in [3.05, 3.63) is 53.7 Å². The maximum atomic E-state index is 5.37. The molecule has 3 heterocycles. The smallest absolute Gasteiger partial charge is 0.258 e. The third-order valence-electron chi connectivity index (χ3n) is 3.66. The Hall–Kier alpha value is -2.53. The van der Waals surface area contributed by atoms with Crippen LogP contribution in [-0.4, -0.2) is 21.7 Å². The van der Waals surface area contributed by atoms with Gasteiger partial charge in [-0.1, -0.05) is 17.3 Å². The van der Waals surface area contributed by atoms with E-state index in [0.29, 0.717) is 17.4 Å². The van der Waals surface area contributed by atoms with E-state index >= 15 is 0 Å². The Morgan fingerprint density at radius 1 is 1.10 bits per heavy atom. The van der Waals surface area contributed by atoms with Gasteiger partial charge in [0.1, 0.15) is 5.69 Å². The topological polar surface area (TPSA) is 63.8 Å². The van der Waals surface area contributed by atoms with Crippen LogP contribution in [-0.2, 0) is 13.0 Å². The zero-order valence-electron chi connectivity index (χ0n) is 11.4. The predicted octanol–water partition coefficient (Wildman–Crippen LogP) is 2.44. The quantitative estimate of drug-likeness (QED) is 0.780. The van der Waals surface area contributed by atoms with Crippen LogP contribution < -0.4 is 5.32 Å². The molecular weight excluding hydrogens is 264 g/mol. The van der Waals surface area contributed by atoms with Crippen LogP contribution in [0.3, 0.4) is 0 Å². The highest BCUT2D eigenvalue weighted by molar-refractivity contribution is 5.59. The van der Waals surface area contributed by atoms with Crippen molar-refractivity contribution >= 4 is 0 Å². The van der Waals surface area contributed by atoms with Crippen LogP contribution in [0.5, 0.6) is 0 Å². The summed E-state index contributed by atoms with van der Waals surface area (Å²) in [6.45, 7) is 1.93. The molecular formula is C16H14N4O. The van der Waals surface area contributed by atoms with Crippen LogP contribution in [0.25, 0.3) is 23.0 Å². The number of nitrogens with zero attached hydrogens (tertiary/aromatic N) is 3. The summed E-state index contributed by atoms with van der Waals surface area (Å²) in [5, 5.41) is 7.38. The lowest BCUT2D eigenvalue weighted by molar-refractivity contribution is 0.432. The minimum atomic E-state index is 0.515. The summed E-state index contributed by atoms with van der Waals surface area (Å²) in [7, 11) is 0. The van der Waals surface area contributed by atoms with Crippen molar-refractivity contribution < 1.29 is 4.52 Å². The van der Waals surface area contributed by atoms with Crippen LogP contribution >= 0.6 is 0 Å². The second-order valence-corrected chi connectivity index (χ2v) is 5.05. The van der Waals surface area contributed by atoms with Gasteiger partial charge < -0.3 is 9.84 Å². The number of hydrogen-bond acceptors (Lipinski definition) is 5. The Kier molecular flexibility index (Phi) is 2.97. The Morgan fingerprint density at radius 2 is 2.10 bits per heavy atom. The van der Waals surface area contributed by atoms with E-state index in [-0.39, 0.29) is 0 Å². The summed E-state index contributed by atoms with van der Waals surface area (Å²) in [4.78, 5) is 8.67. The zero-order valence-corrected chi connectivity index (χ0v) is 11.4. The van der Waals surface area contributed by atoms with E-state index in [9.17, 15) is 0 Å². The number of pyridine rings is 1. The maximum Gasteiger partial charge on any atom is 0.258 e. The SMILES string of the molecule is c1ccc(-c2noc(-c3ccc4c(c3)CNCC4)n2)nc1. The summed E-state index contributed by atoms with van der Waals surface area (Å²) in [5.41, 5.74) is 4.36. The van der Waals surface area contributed by atoms with Gasteiger partial charge in [0.05, 0.1) is 0 Å². The molecule has 1 aliphatic rings. The second kappa shape index (κ2) is 5.10. The van der Waals surface area contributed by atoms with E-state index in [1.54, 1.807) is 6.20 Å². The molecule has 0 saturated heterocycles. The van der Waals surface area contributed by atoms with Gasteiger partial charge in [0.2, 0.25) is 5.82 Å². The van der Waals surface area contributed by atoms with Crippen LogP contribution in [0, 0.1) is 0 Å². The highest BCUT2D eigenvalue weighted by atomic mass is 16.5. The molecule has 104 valence electrons. The van der Waals surface area contributed by atoms with Crippen molar-refractivity contribution in [3.63, 3.8) is 0 Å². The van der Waals surface area contributed by atoms with Gasteiger partial charge >= 0.3 is 0 Å². The predicted molar refractivity (Wildman–Crippen MR) is 78.4 cm³/mol. The molecule has 0 fully saturated rings. The first-order valence-corrected chi connectivity index (χ1v) is 6.98. The molecule has 1 N–H and O–H groups in total. The van der Waals surface area contributed by atoms with Gasteiger partial charge in [0.25, 0.3) is 5.89 Å². The van der Waals surface area contributed by atoms with Crippen LogP contribution in [0.15, 0.2) is 47.1 Å². The van der Waals surface area contributed by atoms with Crippen molar-refractivity contribution in [1.82, 2.24) is 20.4 Å². The molecule has 0 aliphatic carbocycles. The van der Waals surface area contributed by atoms with E-state index in [4.69, 9.17) is 4.52 Å². The van der Waals surface area contributed by atoms with E-state index in [1.165, 1.54) is 11.1 Å². The molecule has 2 aromatic heterocycles. The van der Waals surface area contributed by atoms with Gasteiger partial charge in [-0.3, -0.25) is 4.98 Å². The Labute approximate surface area is 122 Å². The standard InChI is InChI=1S/C16H14N4O/c1-2-7-18-14(3-1)15-19-16(21-20-15)12-5-4-11-6-8-17-10-13(11)9-12/h1-5,7,9,17H,6,8,10H2. The Balaban J connectivity index is 1.70. The Morgan fingerprint density at radius 3 is 3.00 bits per heavy atom. The lowest BCUT2D eigenvalue weighted by atomic mass is 9.98. The van der Waals surface area contributed by atoms with Crippen molar-refractivity contribution in [1.29, 1.82) is 0 Å². The largest absolute Gasteiger partial charge is 0.334 e. The number of aromatic nitrogens is 3. The number of nitrogens with one attached hydrogen (secondary N) is 1. The summed E-state index contributed by atoms with van der Waals surface area (Å²) < 4.78 is 5.37. The van der Waals surface area contributed by atoms with E-state index in [0.717, 1.165) is 25.1 Å². The third kappa shape index (κ3) is 2.32. The van der Waals surface area contributed by atoms with Crippen molar-refractivity contribution in [2.45, 2.75) is 13.0 Å². The molecule has 3 aromatic rings. The van der Waals surface area contributed by atoms with Crippen molar-refractivity contribution in [2.24, 2.45) is 0 Å². The third-order valence-corrected chi connectivity index (χ3v) is 3.66. The number of fused-ring (bicyclic) bond motifs is 1. The fraction of sp³-hybridized carbons (Fsp3) is 0.188. The first kappa shape index (κ1) is 12.2. The molecule has 1 aromatic carbocycles. The highest BCUT2D eigenvalue weighted by Gasteiger charge is 2.14. The van der Waals surface area contributed by atoms with E-state index < -0.39 is 0 Å². The molecule has 0 unspecified atom stereocenters. The first-order chi connectivity index (χ1) is 10.4. The molecule has 0 saturated carbocycles. The summed E-state index contributed by atoms with van der Waals surface area (Å²) in [6.07, 6.45) is 2.79. The number of hydrogen-bond donors (Lipinski definition) is 1. The molecule has 5 nitrogen and oxygen atoms in total. The van der Waals surface area contributed by atoms with E-state index in [2.05, 4.69) is 32.6 Å². The molecule has 0 amide bonds. The van der Waals surface area contributed by atoms with Crippen LogP contribution in [0.2, 0.25) is 0 Å². The minimum Gasteiger partial charge on any atom is -0.334 e. The van der Waals surface area contributed by atoms with Crippen molar-refractivity contribution in [2.75, 3.05) is 6.54 Å². The van der Waals surface area contributed by atoms with Gasteiger partial charge in [-0.15, -0.1) is 0 Å². The monoisotopic (exact) mass is 278 g/mol. The van der Waals surface area contributed by atoms with Crippen LogP contribution in [0.4, 0.5) is 0 Å². The normalized spacial score (nSPS) is 13.9. The van der Waals surface area contributed by atoms with Crippen LogP contribution in [0.1, 0.15) is 11.1 Å². The average Bonchev–Trinajstić information content (AvgIpc) is 3.05. The van der Waals surface area contributed by atoms with Gasteiger partial charge in [-0.25, -0.2) is 0 Å². The summed E-state index contributed by atoms with van der Waals surface area (Å²) in [6, 6.07) is 11.9. The lowest BCUT2D eigenvalue weighted by Gasteiger charge is -2.16.